The van der Waals surface area contributed by atoms with Gasteiger partial charge in [-0.1, -0.05) is 133 Å². The van der Waals surface area contributed by atoms with Crippen molar-refractivity contribution in [3.05, 3.63) is 182 Å². The zero-order valence-electron chi connectivity index (χ0n) is 27.5. The summed E-state index contributed by atoms with van der Waals surface area (Å²) in [5, 5.41) is 4.40. The van der Waals surface area contributed by atoms with E-state index in [1.165, 1.54) is 10.8 Å². The van der Waals surface area contributed by atoms with Gasteiger partial charge >= 0.3 is 0 Å². The summed E-state index contributed by atoms with van der Waals surface area (Å²) in [5.74, 6) is 0.561. The summed E-state index contributed by atoms with van der Waals surface area (Å²) in [6.07, 6.45) is 0. The lowest BCUT2D eigenvalue weighted by Gasteiger charge is -2.28. The molecule has 10 rings (SSSR count). The maximum Gasteiger partial charge on any atom is 0.227 e. The molecule has 0 saturated heterocycles. The lowest BCUT2D eigenvalue weighted by Crippen LogP contribution is -2.12. The summed E-state index contributed by atoms with van der Waals surface area (Å²) < 4.78 is 13.6. The molecule has 0 radical (unpaired) electrons. The quantitative estimate of drug-likeness (QED) is 0.179. The van der Waals surface area contributed by atoms with Crippen LogP contribution in [0.15, 0.2) is 191 Å². The average Bonchev–Trinajstić information content (AvgIpc) is 3.80. The Morgan fingerprint density at radius 2 is 1.08 bits per heavy atom. The van der Waals surface area contributed by atoms with Crippen LogP contribution < -0.4 is 4.90 Å². The Labute approximate surface area is 294 Å². The fourth-order valence-corrected chi connectivity index (χ4v) is 7.22. The minimum Gasteiger partial charge on any atom is -0.454 e. The van der Waals surface area contributed by atoms with Crippen molar-refractivity contribution in [2.75, 3.05) is 4.90 Å². The highest BCUT2D eigenvalue weighted by molar-refractivity contribution is 6.18. The van der Waals surface area contributed by atoms with E-state index in [1.54, 1.807) is 0 Å². The lowest BCUT2D eigenvalue weighted by atomic mass is 9.98. The van der Waals surface area contributed by atoms with Crippen LogP contribution in [0.2, 0.25) is 0 Å². The second-order valence-electron chi connectivity index (χ2n) is 12.8. The number of oxazole rings is 1. The molecule has 0 fully saturated rings. The highest BCUT2D eigenvalue weighted by Crippen LogP contribution is 2.49. The molecule has 240 valence electrons. The molecule has 0 N–H and O–H groups in total. The van der Waals surface area contributed by atoms with Crippen molar-refractivity contribution in [3.8, 4) is 33.7 Å². The molecular weight excluding hydrogens is 625 g/mol. The number of benzene rings is 8. The monoisotopic (exact) mass is 654 g/mol. The van der Waals surface area contributed by atoms with Gasteiger partial charge in [0.05, 0.1) is 5.69 Å². The van der Waals surface area contributed by atoms with Gasteiger partial charge in [-0.05, 0) is 76.0 Å². The second-order valence-corrected chi connectivity index (χ2v) is 12.8. The molecule has 4 nitrogen and oxygen atoms in total. The van der Waals surface area contributed by atoms with Gasteiger partial charge in [-0.15, -0.1) is 0 Å². The third-order valence-corrected chi connectivity index (χ3v) is 9.68. The topological polar surface area (TPSA) is 42.4 Å². The number of anilines is 3. The Morgan fingerprint density at radius 1 is 0.431 bits per heavy atom. The minimum atomic E-state index is 0.561. The van der Waals surface area contributed by atoms with Crippen molar-refractivity contribution < 1.29 is 8.83 Å². The predicted octanol–water partition coefficient (Wildman–Crippen LogP) is 13.4. The van der Waals surface area contributed by atoms with Crippen LogP contribution in [0.5, 0.6) is 0 Å². The largest absolute Gasteiger partial charge is 0.454 e. The normalized spacial score (nSPS) is 11.5. The molecule has 10 aromatic rings. The lowest BCUT2D eigenvalue weighted by molar-refractivity contribution is 0.618. The van der Waals surface area contributed by atoms with E-state index in [0.717, 1.165) is 72.3 Å². The average molecular weight is 655 g/mol. The number of para-hydroxylation sites is 2. The van der Waals surface area contributed by atoms with Crippen LogP contribution in [0.4, 0.5) is 17.1 Å². The van der Waals surface area contributed by atoms with E-state index in [9.17, 15) is 0 Å². The smallest absolute Gasteiger partial charge is 0.227 e. The molecule has 0 aliphatic carbocycles. The van der Waals surface area contributed by atoms with Crippen molar-refractivity contribution in [3.63, 3.8) is 0 Å². The third-order valence-electron chi connectivity index (χ3n) is 9.68. The Balaban J connectivity index is 1.29. The van der Waals surface area contributed by atoms with Gasteiger partial charge in [0.2, 0.25) is 5.89 Å². The number of fused-ring (bicyclic) bond motifs is 5. The molecule has 8 aromatic carbocycles. The molecule has 0 bridgehead atoms. The summed E-state index contributed by atoms with van der Waals surface area (Å²) in [7, 11) is 0. The number of hydrogen-bond acceptors (Lipinski definition) is 4. The first-order valence-corrected chi connectivity index (χ1v) is 17.1. The van der Waals surface area contributed by atoms with Crippen LogP contribution in [0.1, 0.15) is 0 Å². The molecule has 2 heterocycles. The number of furan rings is 1. The molecule has 2 aromatic heterocycles. The predicted molar refractivity (Wildman–Crippen MR) is 210 cm³/mol. The summed E-state index contributed by atoms with van der Waals surface area (Å²) in [4.78, 5) is 7.37. The highest BCUT2D eigenvalue weighted by Gasteiger charge is 2.28. The van der Waals surface area contributed by atoms with E-state index < -0.39 is 0 Å². The first-order valence-electron chi connectivity index (χ1n) is 17.1. The van der Waals surface area contributed by atoms with Gasteiger partial charge in [0.1, 0.15) is 16.8 Å². The number of rotatable bonds is 6. The molecule has 0 unspecified atom stereocenters. The number of hydrogen-bond donors (Lipinski definition) is 0. The van der Waals surface area contributed by atoms with Gasteiger partial charge < -0.3 is 13.7 Å². The van der Waals surface area contributed by atoms with Gasteiger partial charge in [-0.25, -0.2) is 4.98 Å². The summed E-state index contributed by atoms with van der Waals surface area (Å²) in [6, 6.07) is 63.3. The molecular formula is C47H30N2O2. The molecule has 0 saturated carbocycles. The highest BCUT2D eigenvalue weighted by atomic mass is 16.4. The second kappa shape index (κ2) is 11.9. The van der Waals surface area contributed by atoms with Crippen molar-refractivity contribution in [1.29, 1.82) is 0 Å². The Bertz CT molecular complexity index is 2850. The zero-order valence-corrected chi connectivity index (χ0v) is 27.5. The molecule has 0 amide bonds. The Kier molecular flexibility index (Phi) is 6.78. The first kappa shape index (κ1) is 29.0. The SMILES string of the molecule is c1ccc(-c2ccc(N(c3ccccc3-c3ccc4ccccc4c3)c3c4oc(-c5ccccc5)nc4cc4c3oc3ccccc34)cc2)cc1. The summed E-state index contributed by atoms with van der Waals surface area (Å²) in [6.45, 7) is 0. The van der Waals surface area contributed by atoms with Crippen molar-refractivity contribution >= 4 is 60.9 Å². The van der Waals surface area contributed by atoms with E-state index in [-0.39, 0.29) is 0 Å². The van der Waals surface area contributed by atoms with Crippen molar-refractivity contribution in [2.24, 2.45) is 0 Å². The van der Waals surface area contributed by atoms with Gasteiger partial charge in [-0.3, -0.25) is 0 Å². The van der Waals surface area contributed by atoms with Crippen molar-refractivity contribution in [1.82, 2.24) is 4.98 Å². The maximum absolute atomic E-state index is 6.80. The third kappa shape index (κ3) is 4.96. The van der Waals surface area contributed by atoms with Gasteiger partial charge in [0.25, 0.3) is 0 Å². The van der Waals surface area contributed by atoms with Gasteiger partial charge in [0, 0.05) is 27.6 Å². The molecule has 0 aliphatic heterocycles. The van der Waals surface area contributed by atoms with Crippen LogP contribution in [0, 0.1) is 0 Å². The number of aromatic nitrogens is 1. The first-order chi connectivity index (χ1) is 25.3. The van der Waals surface area contributed by atoms with Gasteiger partial charge in [-0.2, -0.15) is 0 Å². The minimum absolute atomic E-state index is 0.561. The summed E-state index contributed by atoms with van der Waals surface area (Å²) in [5.41, 5.74) is 11.1. The van der Waals surface area contributed by atoms with Crippen LogP contribution in [0.25, 0.3) is 77.5 Å². The van der Waals surface area contributed by atoms with E-state index in [0.29, 0.717) is 11.5 Å². The summed E-state index contributed by atoms with van der Waals surface area (Å²) >= 11 is 0. The molecule has 4 heteroatoms. The van der Waals surface area contributed by atoms with Crippen molar-refractivity contribution in [2.45, 2.75) is 0 Å². The zero-order chi connectivity index (χ0) is 33.7. The fourth-order valence-electron chi connectivity index (χ4n) is 7.22. The molecule has 0 aliphatic rings. The van der Waals surface area contributed by atoms with Crippen LogP contribution >= 0.6 is 0 Å². The van der Waals surface area contributed by atoms with Crippen LogP contribution in [-0.2, 0) is 0 Å². The molecule has 51 heavy (non-hydrogen) atoms. The van der Waals surface area contributed by atoms with E-state index in [4.69, 9.17) is 13.8 Å². The molecule has 0 atom stereocenters. The fraction of sp³-hybridized carbons (Fsp3) is 0. The van der Waals surface area contributed by atoms with E-state index >= 15 is 0 Å². The van der Waals surface area contributed by atoms with E-state index in [2.05, 4.69) is 138 Å². The Morgan fingerprint density at radius 3 is 1.90 bits per heavy atom. The number of nitrogens with zero attached hydrogens (tertiary/aromatic N) is 2. The van der Waals surface area contributed by atoms with Crippen LogP contribution in [0.3, 0.4) is 0 Å². The maximum atomic E-state index is 6.80. The van der Waals surface area contributed by atoms with Crippen LogP contribution in [-0.4, -0.2) is 4.98 Å². The van der Waals surface area contributed by atoms with E-state index in [1.807, 2.05) is 48.5 Å². The Hall–Kier alpha value is -6.91. The standard InChI is InChI=1S/C47H30N2O2/c1-3-13-31(14-4-1)33-25-27-37(28-26-33)49(42-21-11-9-19-38(42)36-24-23-32-15-7-8-18-35(32)29-36)44-45-40(39-20-10-12-22-43(39)50-45)30-41-46(44)51-47(48-41)34-16-5-2-6-17-34/h1-30H. The van der Waals surface area contributed by atoms with Gasteiger partial charge in [0.15, 0.2) is 11.2 Å². The molecule has 0 spiro atoms.